The fraction of sp³-hybridized carbons (Fsp3) is 0.737. The van der Waals surface area contributed by atoms with Crippen LogP contribution in [-0.2, 0) is 89.2 Å². The summed E-state index contributed by atoms with van der Waals surface area (Å²) in [7, 11) is 0. The van der Waals surface area contributed by atoms with Crippen molar-refractivity contribution >= 4 is 17.8 Å². The molecule has 0 bridgehead atoms. The molecule has 0 aliphatic rings. The van der Waals surface area contributed by atoms with E-state index in [0.29, 0.717) is 46.1 Å². The SMILES string of the molecule is CCOC(=O)NCCOCCO.[CH2-]C(=O)C(C)(C)C.[CH2-]C(=O)NCCOCCO.[Y].[Y]. The molecule has 31 heavy (non-hydrogen) atoms. The maximum Gasteiger partial charge on any atom is 0.407 e. The average molecular weight is 600 g/mol. The van der Waals surface area contributed by atoms with Gasteiger partial charge in [0, 0.05) is 84.3 Å². The summed E-state index contributed by atoms with van der Waals surface area (Å²) in [6.45, 7) is 16.3. The Balaban J connectivity index is -0.000000109. The Morgan fingerprint density at radius 1 is 0.839 bits per heavy atom. The van der Waals surface area contributed by atoms with Gasteiger partial charge in [0.05, 0.1) is 52.2 Å². The van der Waals surface area contributed by atoms with Crippen LogP contribution in [0.2, 0.25) is 0 Å². The van der Waals surface area contributed by atoms with Crippen LogP contribution in [0.3, 0.4) is 0 Å². The molecule has 0 aromatic rings. The molecule has 0 aliphatic heterocycles. The molecule has 0 saturated carbocycles. The monoisotopic (exact) mass is 600 g/mol. The third-order valence-corrected chi connectivity index (χ3v) is 2.67. The molecule has 0 aliphatic carbocycles. The predicted octanol–water partition coefficient (Wildman–Crippen LogP) is 0.118. The molecule has 4 N–H and O–H groups in total. The van der Waals surface area contributed by atoms with Crippen molar-refractivity contribution in [3.05, 3.63) is 13.8 Å². The number of aliphatic hydroxyl groups excluding tert-OH is 2. The van der Waals surface area contributed by atoms with Gasteiger partial charge in [-0.25, -0.2) is 4.79 Å². The molecule has 0 rings (SSSR count). The molecular weight excluding hydrogens is 562 g/mol. The summed E-state index contributed by atoms with van der Waals surface area (Å²) < 4.78 is 14.3. The summed E-state index contributed by atoms with van der Waals surface area (Å²) in [6, 6.07) is 0. The molecule has 0 saturated heterocycles. The number of ketones is 1. The number of nitrogens with one attached hydrogen (secondary N) is 2. The van der Waals surface area contributed by atoms with Gasteiger partial charge in [-0.3, -0.25) is 0 Å². The Hall–Kier alpha value is 0.198. The Morgan fingerprint density at radius 2 is 1.23 bits per heavy atom. The standard InChI is InChI=1S/C7H15NO4.C6H12NO3.C6H11O.2Y/c1-2-12-7(10)8-3-5-11-6-4-9;1-6(9)7-2-4-10-5-3-8;1-5(7)6(2,3)4;;/h9H,2-6H2,1H3,(H,8,10);8H,1-5H2,(H,7,9);1H2,2-4H3;;/q;2*-1;;. The molecule has 0 spiro atoms. The van der Waals surface area contributed by atoms with E-state index in [2.05, 4.69) is 29.2 Å². The van der Waals surface area contributed by atoms with Crippen molar-refractivity contribution in [1.29, 1.82) is 0 Å². The number of alkyl carbamates (subject to hydrolysis) is 1. The Labute approximate surface area is 237 Å². The predicted molar refractivity (Wildman–Crippen MR) is 109 cm³/mol. The minimum absolute atomic E-state index is 0. The van der Waals surface area contributed by atoms with Crippen molar-refractivity contribution < 1.29 is 104 Å². The van der Waals surface area contributed by atoms with E-state index in [1.165, 1.54) is 0 Å². The summed E-state index contributed by atoms with van der Waals surface area (Å²) in [4.78, 5) is 31.1. The van der Waals surface area contributed by atoms with E-state index in [9.17, 15) is 14.4 Å². The number of hydrogen-bond donors (Lipinski definition) is 4. The van der Waals surface area contributed by atoms with Gasteiger partial charge in [-0.05, 0) is 12.3 Å². The summed E-state index contributed by atoms with van der Waals surface area (Å²) in [5.41, 5.74) is -0.250. The molecular formula is C19H38N2O8Y2-2. The third kappa shape index (κ3) is 44.6. The fourth-order valence-corrected chi connectivity index (χ4v) is 1.00. The first kappa shape index (κ1) is 41.5. The summed E-state index contributed by atoms with van der Waals surface area (Å²) >= 11 is 0. The molecule has 0 heterocycles. The molecule has 2 amide bonds. The smallest absolute Gasteiger partial charge is 0.407 e. The number of amides is 2. The molecule has 10 nitrogen and oxygen atoms in total. The number of hydrogen-bond acceptors (Lipinski definition) is 8. The molecule has 0 aromatic heterocycles. The van der Waals surface area contributed by atoms with Crippen LogP contribution >= 0.6 is 0 Å². The zero-order valence-electron chi connectivity index (χ0n) is 19.3. The van der Waals surface area contributed by atoms with E-state index < -0.39 is 6.09 Å². The average Bonchev–Trinajstić information content (AvgIpc) is 2.61. The Kier molecular flexibility index (Phi) is 40.4. The first-order valence-electron chi connectivity index (χ1n) is 9.26. The number of carbonyl (C=O) groups is 3. The first-order chi connectivity index (χ1) is 13.5. The molecule has 2 radical (unpaired) electrons. The number of ether oxygens (including phenoxy) is 3. The van der Waals surface area contributed by atoms with E-state index in [-0.39, 0.29) is 95.7 Å². The van der Waals surface area contributed by atoms with Gasteiger partial charge in [-0.1, -0.05) is 20.8 Å². The van der Waals surface area contributed by atoms with Gasteiger partial charge < -0.3 is 58.5 Å². The van der Waals surface area contributed by atoms with E-state index in [4.69, 9.17) is 19.7 Å². The Bertz CT molecular complexity index is 422. The van der Waals surface area contributed by atoms with Gasteiger partial charge in [0.15, 0.2) is 0 Å². The van der Waals surface area contributed by atoms with Crippen molar-refractivity contribution in [1.82, 2.24) is 10.6 Å². The van der Waals surface area contributed by atoms with Crippen LogP contribution in [0.1, 0.15) is 27.7 Å². The minimum atomic E-state index is -0.440. The van der Waals surface area contributed by atoms with Crippen LogP contribution in [0.4, 0.5) is 4.79 Å². The van der Waals surface area contributed by atoms with Crippen LogP contribution in [-0.4, -0.2) is 87.3 Å². The minimum Gasteiger partial charge on any atom is -0.450 e. The van der Waals surface area contributed by atoms with Crippen molar-refractivity contribution in [2.75, 3.05) is 59.3 Å². The van der Waals surface area contributed by atoms with E-state index in [0.717, 1.165) is 0 Å². The number of rotatable bonds is 11. The third-order valence-electron chi connectivity index (χ3n) is 2.67. The summed E-state index contributed by atoms with van der Waals surface area (Å²) in [5.74, 6) is -0.319. The van der Waals surface area contributed by atoms with Gasteiger partial charge in [0.1, 0.15) is 0 Å². The molecule has 0 atom stereocenters. The normalized spacial score (nSPS) is 9.23. The van der Waals surface area contributed by atoms with Gasteiger partial charge in [0.25, 0.3) is 0 Å². The maximum atomic E-state index is 10.6. The fourth-order valence-electron chi connectivity index (χ4n) is 1.00. The molecule has 0 aromatic carbocycles. The summed E-state index contributed by atoms with van der Waals surface area (Å²) in [6.07, 6.45) is -0.440. The number of carbonyl (C=O) groups excluding carboxylic acids is 3. The van der Waals surface area contributed by atoms with Crippen LogP contribution < -0.4 is 10.6 Å². The van der Waals surface area contributed by atoms with Crippen LogP contribution in [0.25, 0.3) is 0 Å². The van der Waals surface area contributed by atoms with Crippen LogP contribution in [0.5, 0.6) is 0 Å². The van der Waals surface area contributed by atoms with Crippen molar-refractivity contribution in [2.24, 2.45) is 5.41 Å². The first-order valence-corrected chi connectivity index (χ1v) is 9.26. The van der Waals surface area contributed by atoms with Gasteiger partial charge in [-0.2, -0.15) is 0 Å². The molecule has 0 fully saturated rings. The quantitative estimate of drug-likeness (QED) is 0.194. The van der Waals surface area contributed by atoms with E-state index in [1.807, 2.05) is 20.8 Å². The maximum absolute atomic E-state index is 10.6. The Morgan fingerprint density at radius 3 is 1.52 bits per heavy atom. The molecule has 180 valence electrons. The van der Waals surface area contributed by atoms with E-state index in [1.54, 1.807) is 6.92 Å². The topological polar surface area (TPSA) is 143 Å². The van der Waals surface area contributed by atoms with Crippen molar-refractivity contribution in [3.63, 3.8) is 0 Å². The molecule has 0 unspecified atom stereocenters. The van der Waals surface area contributed by atoms with Crippen molar-refractivity contribution in [3.8, 4) is 0 Å². The zero-order chi connectivity index (χ0) is 23.1. The van der Waals surface area contributed by atoms with Gasteiger partial charge in [-0.15, -0.1) is 0 Å². The van der Waals surface area contributed by atoms with Crippen molar-refractivity contribution in [2.45, 2.75) is 27.7 Å². The second-order valence-corrected chi connectivity index (χ2v) is 6.34. The van der Waals surface area contributed by atoms with Crippen LogP contribution in [0.15, 0.2) is 0 Å². The van der Waals surface area contributed by atoms with Gasteiger partial charge in [0.2, 0.25) is 0 Å². The van der Waals surface area contributed by atoms with Gasteiger partial charge >= 0.3 is 6.09 Å². The largest absolute Gasteiger partial charge is 0.450 e. The second-order valence-electron chi connectivity index (χ2n) is 6.34. The second kappa shape index (κ2) is 30.2. The zero-order valence-corrected chi connectivity index (χ0v) is 25.0. The number of Topliss-reactive ketones (excluding diaryl/α,β-unsaturated/α-hetero) is 1. The van der Waals surface area contributed by atoms with Crippen LogP contribution in [0, 0.1) is 19.3 Å². The number of aliphatic hydroxyl groups is 2. The molecule has 12 heteroatoms. The summed E-state index contributed by atoms with van der Waals surface area (Å²) in [5, 5.41) is 21.5. The van der Waals surface area contributed by atoms with E-state index >= 15 is 0 Å².